The normalized spacial score (nSPS) is 19.4. The maximum absolute atomic E-state index is 10.1. The smallest absolute Gasteiger partial charge is 0.119 e. The van der Waals surface area contributed by atoms with Crippen molar-refractivity contribution in [3.63, 3.8) is 0 Å². The number of rotatable bonds is 5. The first-order valence-electron chi connectivity index (χ1n) is 6.78. The fourth-order valence-corrected chi connectivity index (χ4v) is 2.31. The van der Waals surface area contributed by atoms with E-state index < -0.39 is 6.10 Å². The van der Waals surface area contributed by atoms with Crippen LogP contribution < -0.4 is 10.5 Å². The van der Waals surface area contributed by atoms with Crippen LogP contribution >= 0.6 is 0 Å². The van der Waals surface area contributed by atoms with Gasteiger partial charge in [-0.3, -0.25) is 0 Å². The molecule has 1 aromatic rings. The Morgan fingerprint density at radius 2 is 1.83 bits per heavy atom. The first-order chi connectivity index (χ1) is 8.58. The van der Waals surface area contributed by atoms with Gasteiger partial charge in [-0.15, -0.1) is 0 Å². The van der Waals surface area contributed by atoms with E-state index in [2.05, 4.69) is 0 Å². The number of nitrogens with two attached hydrogens (primary N) is 1. The van der Waals surface area contributed by atoms with Gasteiger partial charge in [0.2, 0.25) is 0 Å². The lowest BCUT2D eigenvalue weighted by atomic mass is 9.77. The monoisotopic (exact) mass is 249 g/mol. The van der Waals surface area contributed by atoms with Crippen molar-refractivity contribution in [2.75, 3.05) is 0 Å². The van der Waals surface area contributed by atoms with Gasteiger partial charge in [0.1, 0.15) is 5.75 Å². The quantitative estimate of drug-likeness (QED) is 0.843. The topological polar surface area (TPSA) is 55.5 Å². The summed E-state index contributed by atoms with van der Waals surface area (Å²) in [5.74, 6) is 1.23. The average molecular weight is 249 g/mol. The van der Waals surface area contributed by atoms with Crippen LogP contribution in [0.3, 0.4) is 0 Å². The fourth-order valence-electron chi connectivity index (χ4n) is 2.31. The van der Waals surface area contributed by atoms with Gasteiger partial charge < -0.3 is 15.6 Å². The summed E-state index contributed by atoms with van der Waals surface area (Å²) in [4.78, 5) is 0. The van der Waals surface area contributed by atoms with E-state index in [4.69, 9.17) is 10.5 Å². The summed E-state index contributed by atoms with van der Waals surface area (Å²) in [5.41, 5.74) is 7.09. The number of ether oxygens (including phenoxy) is 1. The number of aliphatic hydroxyl groups excluding tert-OH is 1. The van der Waals surface area contributed by atoms with Crippen LogP contribution in [0.4, 0.5) is 0 Å². The number of hydrogen-bond acceptors (Lipinski definition) is 3. The van der Waals surface area contributed by atoms with Gasteiger partial charge in [0.25, 0.3) is 0 Å². The van der Waals surface area contributed by atoms with E-state index in [1.54, 1.807) is 0 Å². The zero-order chi connectivity index (χ0) is 13.1. The third kappa shape index (κ3) is 3.03. The summed E-state index contributed by atoms with van der Waals surface area (Å²) in [6.45, 7) is 4.00. The van der Waals surface area contributed by atoms with Gasteiger partial charge in [-0.2, -0.15) is 0 Å². The van der Waals surface area contributed by atoms with Crippen molar-refractivity contribution < 1.29 is 9.84 Å². The standard InChI is InChI=1S/C15H23NO2/c1-10(2)18-13-8-6-11(7-9-13)14(16)15(17)12-4-3-5-12/h6-10,12,14-15,17H,3-5,16H2,1-2H3/t14-,15+/m1/s1. The van der Waals surface area contributed by atoms with E-state index in [1.165, 1.54) is 6.42 Å². The van der Waals surface area contributed by atoms with Crippen LogP contribution in [-0.2, 0) is 0 Å². The molecule has 0 heterocycles. The number of hydrogen-bond donors (Lipinski definition) is 2. The van der Waals surface area contributed by atoms with Gasteiger partial charge in [0, 0.05) is 0 Å². The SMILES string of the molecule is CC(C)Oc1ccc([C@@H](N)[C@@H](O)C2CCC2)cc1. The summed E-state index contributed by atoms with van der Waals surface area (Å²) in [7, 11) is 0. The molecule has 100 valence electrons. The molecule has 3 N–H and O–H groups in total. The molecule has 0 spiro atoms. The van der Waals surface area contributed by atoms with Crippen LogP contribution in [0.2, 0.25) is 0 Å². The van der Waals surface area contributed by atoms with E-state index >= 15 is 0 Å². The first kappa shape index (κ1) is 13.4. The Balaban J connectivity index is 1.99. The predicted molar refractivity (Wildman–Crippen MR) is 72.5 cm³/mol. The lowest BCUT2D eigenvalue weighted by molar-refractivity contribution is 0.0413. The second kappa shape index (κ2) is 5.72. The van der Waals surface area contributed by atoms with Crippen LogP contribution in [0.1, 0.15) is 44.7 Å². The Bertz CT molecular complexity index is 371. The highest BCUT2D eigenvalue weighted by atomic mass is 16.5. The maximum atomic E-state index is 10.1. The minimum Gasteiger partial charge on any atom is -0.491 e. The minimum absolute atomic E-state index is 0.171. The molecule has 3 nitrogen and oxygen atoms in total. The molecule has 0 unspecified atom stereocenters. The maximum Gasteiger partial charge on any atom is 0.119 e. The van der Waals surface area contributed by atoms with Gasteiger partial charge in [-0.05, 0) is 50.3 Å². The van der Waals surface area contributed by atoms with E-state index in [9.17, 15) is 5.11 Å². The van der Waals surface area contributed by atoms with Crippen molar-refractivity contribution in [2.45, 2.75) is 51.4 Å². The highest BCUT2D eigenvalue weighted by Crippen LogP contribution is 2.34. The zero-order valence-electron chi connectivity index (χ0n) is 11.2. The molecule has 0 saturated heterocycles. The fraction of sp³-hybridized carbons (Fsp3) is 0.600. The van der Waals surface area contributed by atoms with Crippen LogP contribution in [-0.4, -0.2) is 17.3 Å². The molecule has 0 aliphatic heterocycles. The Morgan fingerprint density at radius 1 is 1.22 bits per heavy atom. The molecule has 1 aliphatic carbocycles. The van der Waals surface area contributed by atoms with Crippen molar-refractivity contribution in [2.24, 2.45) is 11.7 Å². The Hall–Kier alpha value is -1.06. The zero-order valence-corrected chi connectivity index (χ0v) is 11.2. The van der Waals surface area contributed by atoms with E-state index in [0.29, 0.717) is 5.92 Å². The summed E-state index contributed by atoms with van der Waals surface area (Å²) in [5, 5.41) is 10.1. The molecule has 1 saturated carbocycles. The number of benzene rings is 1. The summed E-state index contributed by atoms with van der Waals surface area (Å²) >= 11 is 0. The molecule has 0 radical (unpaired) electrons. The second-order valence-corrected chi connectivity index (χ2v) is 5.44. The molecule has 2 rings (SSSR count). The summed E-state index contributed by atoms with van der Waals surface area (Å²) in [6, 6.07) is 7.45. The predicted octanol–water partition coefficient (Wildman–Crippen LogP) is 2.63. The lowest BCUT2D eigenvalue weighted by Crippen LogP contribution is -2.36. The average Bonchev–Trinajstić information content (AvgIpc) is 2.26. The molecule has 1 aromatic carbocycles. The third-order valence-electron chi connectivity index (χ3n) is 3.64. The van der Waals surface area contributed by atoms with Gasteiger partial charge in [-0.25, -0.2) is 0 Å². The molecular formula is C15H23NO2. The van der Waals surface area contributed by atoms with E-state index in [-0.39, 0.29) is 12.1 Å². The Morgan fingerprint density at radius 3 is 2.28 bits per heavy atom. The molecule has 2 atom stereocenters. The molecule has 3 heteroatoms. The largest absolute Gasteiger partial charge is 0.491 e. The van der Waals surface area contributed by atoms with Crippen molar-refractivity contribution in [1.82, 2.24) is 0 Å². The molecule has 0 aromatic heterocycles. The van der Waals surface area contributed by atoms with Gasteiger partial charge in [-0.1, -0.05) is 18.6 Å². The molecule has 0 amide bonds. The van der Waals surface area contributed by atoms with Gasteiger partial charge >= 0.3 is 0 Å². The van der Waals surface area contributed by atoms with E-state index in [0.717, 1.165) is 24.2 Å². The van der Waals surface area contributed by atoms with Crippen LogP contribution in [0.25, 0.3) is 0 Å². The van der Waals surface area contributed by atoms with Crippen molar-refractivity contribution in [1.29, 1.82) is 0 Å². The third-order valence-corrected chi connectivity index (χ3v) is 3.64. The molecule has 18 heavy (non-hydrogen) atoms. The summed E-state index contributed by atoms with van der Waals surface area (Å²) < 4.78 is 5.59. The second-order valence-electron chi connectivity index (χ2n) is 5.44. The number of aliphatic hydroxyl groups is 1. The minimum atomic E-state index is -0.421. The highest BCUT2D eigenvalue weighted by Gasteiger charge is 2.30. The Labute approximate surface area is 109 Å². The summed E-state index contributed by atoms with van der Waals surface area (Å²) in [6.07, 6.45) is 3.17. The van der Waals surface area contributed by atoms with Crippen LogP contribution in [0.5, 0.6) is 5.75 Å². The molecule has 0 bridgehead atoms. The molecular weight excluding hydrogens is 226 g/mol. The van der Waals surface area contributed by atoms with Gasteiger partial charge in [0.15, 0.2) is 0 Å². The highest BCUT2D eigenvalue weighted by molar-refractivity contribution is 5.29. The van der Waals surface area contributed by atoms with Crippen molar-refractivity contribution in [3.8, 4) is 5.75 Å². The lowest BCUT2D eigenvalue weighted by Gasteiger charge is -2.33. The van der Waals surface area contributed by atoms with Crippen LogP contribution in [0, 0.1) is 5.92 Å². The van der Waals surface area contributed by atoms with Crippen LogP contribution in [0.15, 0.2) is 24.3 Å². The Kier molecular flexibility index (Phi) is 4.25. The van der Waals surface area contributed by atoms with Crippen molar-refractivity contribution in [3.05, 3.63) is 29.8 Å². The molecule has 1 fully saturated rings. The van der Waals surface area contributed by atoms with Crippen molar-refractivity contribution >= 4 is 0 Å². The molecule has 1 aliphatic rings. The van der Waals surface area contributed by atoms with E-state index in [1.807, 2.05) is 38.1 Å². The first-order valence-corrected chi connectivity index (χ1v) is 6.78. The van der Waals surface area contributed by atoms with Gasteiger partial charge in [0.05, 0.1) is 18.2 Å².